The fourth-order valence-corrected chi connectivity index (χ4v) is 4.89. The average Bonchev–Trinajstić information content (AvgIpc) is 3.13. The molecule has 29 heavy (non-hydrogen) atoms. The highest BCUT2D eigenvalue weighted by molar-refractivity contribution is 9.10. The SMILES string of the molecule is Cc1ccc(NS(=O)(=O)c2ccc3onc(C(=O)N4CCOCC4)c3c2)c(Br)c1. The number of rotatable bonds is 4. The molecule has 0 atom stereocenters. The minimum atomic E-state index is -3.88. The van der Waals surface area contributed by atoms with E-state index < -0.39 is 10.0 Å². The zero-order chi connectivity index (χ0) is 20.6. The highest BCUT2D eigenvalue weighted by Crippen LogP contribution is 2.28. The van der Waals surface area contributed by atoms with Crippen molar-refractivity contribution in [1.29, 1.82) is 0 Å². The third-order valence-electron chi connectivity index (χ3n) is 4.62. The molecule has 2 heterocycles. The first kappa shape index (κ1) is 19.9. The van der Waals surface area contributed by atoms with Crippen LogP contribution in [0.15, 0.2) is 50.3 Å². The maximum Gasteiger partial charge on any atom is 0.276 e. The second-order valence-corrected chi connectivity index (χ2v) is 9.22. The zero-order valence-corrected chi connectivity index (χ0v) is 17.9. The smallest absolute Gasteiger partial charge is 0.276 e. The van der Waals surface area contributed by atoms with Gasteiger partial charge in [-0.3, -0.25) is 9.52 Å². The van der Waals surface area contributed by atoms with Crippen LogP contribution < -0.4 is 4.72 Å². The minimum Gasteiger partial charge on any atom is -0.378 e. The molecule has 1 aliphatic heterocycles. The molecule has 1 fully saturated rings. The standard InChI is InChI=1S/C19H18BrN3O5S/c1-12-2-4-16(15(20)10-12)22-29(25,26)13-3-5-17-14(11-13)18(21-28-17)19(24)23-6-8-27-9-7-23/h2-5,10-11,22H,6-9H2,1H3. The second-order valence-electron chi connectivity index (χ2n) is 6.68. The molecule has 152 valence electrons. The summed E-state index contributed by atoms with van der Waals surface area (Å²) >= 11 is 3.37. The van der Waals surface area contributed by atoms with Crippen LogP contribution in [-0.4, -0.2) is 50.7 Å². The van der Waals surface area contributed by atoms with Gasteiger partial charge < -0.3 is 14.2 Å². The molecule has 8 nitrogen and oxygen atoms in total. The minimum absolute atomic E-state index is 0.0108. The van der Waals surface area contributed by atoms with E-state index >= 15 is 0 Å². The summed E-state index contributed by atoms with van der Waals surface area (Å²) in [6, 6.07) is 9.63. The number of sulfonamides is 1. The number of hydrogen-bond donors (Lipinski definition) is 1. The maximum absolute atomic E-state index is 12.9. The van der Waals surface area contributed by atoms with Crippen molar-refractivity contribution in [3.63, 3.8) is 0 Å². The Kier molecular flexibility index (Phi) is 5.32. The van der Waals surface area contributed by atoms with E-state index in [0.29, 0.717) is 47.4 Å². The number of aromatic nitrogens is 1. The summed E-state index contributed by atoms with van der Waals surface area (Å²) in [5, 5.41) is 4.23. The van der Waals surface area contributed by atoms with Gasteiger partial charge in [-0.15, -0.1) is 0 Å². The molecule has 3 aromatic rings. The van der Waals surface area contributed by atoms with Gasteiger partial charge in [-0.05, 0) is 58.7 Å². The zero-order valence-electron chi connectivity index (χ0n) is 15.5. The molecule has 4 rings (SSSR count). The molecule has 0 spiro atoms. The molecule has 0 saturated carbocycles. The van der Waals surface area contributed by atoms with E-state index in [9.17, 15) is 13.2 Å². The number of anilines is 1. The van der Waals surface area contributed by atoms with E-state index in [1.54, 1.807) is 11.0 Å². The van der Waals surface area contributed by atoms with Crippen LogP contribution in [0.3, 0.4) is 0 Å². The number of aryl methyl sites for hydroxylation is 1. The monoisotopic (exact) mass is 479 g/mol. The number of benzene rings is 2. The number of fused-ring (bicyclic) bond motifs is 1. The second kappa shape index (κ2) is 7.77. The number of morpholine rings is 1. The molecule has 0 bridgehead atoms. The summed E-state index contributed by atoms with van der Waals surface area (Å²) in [6.07, 6.45) is 0. The van der Waals surface area contributed by atoms with E-state index in [1.165, 1.54) is 18.2 Å². The van der Waals surface area contributed by atoms with Gasteiger partial charge in [0, 0.05) is 17.6 Å². The summed E-state index contributed by atoms with van der Waals surface area (Å²) in [7, 11) is -3.88. The normalized spacial score (nSPS) is 14.9. The molecule has 1 saturated heterocycles. The number of amides is 1. The Hall–Kier alpha value is -2.43. The molecule has 1 amide bonds. The van der Waals surface area contributed by atoms with Gasteiger partial charge in [0.1, 0.15) is 0 Å². The summed E-state index contributed by atoms with van der Waals surface area (Å²) < 4.78 is 39.5. The number of halogens is 1. The summed E-state index contributed by atoms with van der Waals surface area (Å²) in [4.78, 5) is 14.4. The van der Waals surface area contributed by atoms with Crippen LogP contribution in [0.1, 0.15) is 16.1 Å². The Labute approximate surface area is 176 Å². The Morgan fingerprint density at radius 3 is 2.66 bits per heavy atom. The van der Waals surface area contributed by atoms with Crippen molar-refractivity contribution in [1.82, 2.24) is 10.1 Å². The number of hydrogen-bond acceptors (Lipinski definition) is 6. The number of nitrogens with zero attached hydrogens (tertiary/aromatic N) is 2. The fourth-order valence-electron chi connectivity index (χ4n) is 3.06. The van der Waals surface area contributed by atoms with Crippen molar-refractivity contribution in [3.8, 4) is 0 Å². The van der Waals surface area contributed by atoms with Gasteiger partial charge in [0.25, 0.3) is 15.9 Å². The van der Waals surface area contributed by atoms with Crippen molar-refractivity contribution >= 4 is 48.5 Å². The summed E-state index contributed by atoms with van der Waals surface area (Å²) in [5.41, 5.74) is 1.86. The van der Waals surface area contributed by atoms with Gasteiger partial charge in [0.05, 0.1) is 29.2 Å². The number of carbonyl (C=O) groups excluding carboxylic acids is 1. The Bertz CT molecular complexity index is 1190. The average molecular weight is 480 g/mol. The fraction of sp³-hybridized carbons (Fsp3) is 0.263. The molecular formula is C19H18BrN3O5S. The van der Waals surface area contributed by atoms with E-state index in [1.807, 2.05) is 19.1 Å². The molecule has 1 aromatic heterocycles. The van der Waals surface area contributed by atoms with Crippen molar-refractivity contribution in [2.45, 2.75) is 11.8 Å². The van der Waals surface area contributed by atoms with Crippen LogP contribution in [0.2, 0.25) is 0 Å². The van der Waals surface area contributed by atoms with Gasteiger partial charge in [-0.2, -0.15) is 0 Å². The molecule has 1 aliphatic rings. The number of carbonyl (C=O) groups is 1. The van der Waals surface area contributed by atoms with Crippen LogP contribution >= 0.6 is 15.9 Å². The lowest BCUT2D eigenvalue weighted by Gasteiger charge is -2.25. The van der Waals surface area contributed by atoms with Gasteiger partial charge in [0.2, 0.25) is 0 Å². The van der Waals surface area contributed by atoms with Gasteiger partial charge in [0.15, 0.2) is 11.3 Å². The first-order valence-electron chi connectivity index (χ1n) is 8.90. The predicted octanol–water partition coefficient (Wildman–Crippen LogP) is 3.17. The molecule has 0 aliphatic carbocycles. The van der Waals surface area contributed by atoms with E-state index in [-0.39, 0.29) is 16.5 Å². The van der Waals surface area contributed by atoms with Gasteiger partial charge in [-0.1, -0.05) is 11.2 Å². The first-order chi connectivity index (χ1) is 13.8. The predicted molar refractivity (Wildman–Crippen MR) is 110 cm³/mol. The van der Waals surface area contributed by atoms with Gasteiger partial charge in [-0.25, -0.2) is 8.42 Å². The Morgan fingerprint density at radius 2 is 1.93 bits per heavy atom. The number of ether oxygens (including phenoxy) is 1. The lowest BCUT2D eigenvalue weighted by molar-refractivity contribution is 0.0297. The quantitative estimate of drug-likeness (QED) is 0.616. The van der Waals surface area contributed by atoms with Gasteiger partial charge >= 0.3 is 0 Å². The van der Waals surface area contributed by atoms with E-state index in [4.69, 9.17) is 9.26 Å². The van der Waals surface area contributed by atoms with E-state index in [2.05, 4.69) is 25.8 Å². The van der Waals surface area contributed by atoms with Crippen molar-refractivity contribution in [3.05, 3.63) is 52.1 Å². The Balaban J connectivity index is 1.68. The van der Waals surface area contributed by atoms with E-state index in [0.717, 1.165) is 5.56 Å². The van der Waals surface area contributed by atoms with Crippen LogP contribution in [-0.2, 0) is 14.8 Å². The van der Waals surface area contributed by atoms with Crippen LogP contribution in [0, 0.1) is 6.92 Å². The highest BCUT2D eigenvalue weighted by atomic mass is 79.9. The molecular weight excluding hydrogens is 462 g/mol. The van der Waals surface area contributed by atoms with Crippen LogP contribution in [0.5, 0.6) is 0 Å². The highest BCUT2D eigenvalue weighted by Gasteiger charge is 2.25. The van der Waals surface area contributed by atoms with Crippen LogP contribution in [0.25, 0.3) is 11.0 Å². The van der Waals surface area contributed by atoms with Crippen molar-refractivity contribution < 1.29 is 22.5 Å². The summed E-state index contributed by atoms with van der Waals surface area (Å²) in [6.45, 7) is 3.73. The van der Waals surface area contributed by atoms with Crippen molar-refractivity contribution in [2.75, 3.05) is 31.0 Å². The number of nitrogens with one attached hydrogen (secondary N) is 1. The largest absolute Gasteiger partial charge is 0.378 e. The third kappa shape index (κ3) is 4.00. The first-order valence-corrected chi connectivity index (χ1v) is 11.2. The summed E-state index contributed by atoms with van der Waals surface area (Å²) in [5.74, 6) is -0.309. The molecule has 10 heteroatoms. The maximum atomic E-state index is 12.9. The lowest BCUT2D eigenvalue weighted by atomic mass is 10.2. The molecule has 0 radical (unpaired) electrons. The molecule has 1 N–H and O–H groups in total. The van der Waals surface area contributed by atoms with Crippen LogP contribution in [0.4, 0.5) is 5.69 Å². The lowest BCUT2D eigenvalue weighted by Crippen LogP contribution is -2.40. The van der Waals surface area contributed by atoms with Crippen molar-refractivity contribution in [2.24, 2.45) is 0 Å². The Morgan fingerprint density at radius 1 is 1.17 bits per heavy atom. The molecule has 2 aromatic carbocycles. The third-order valence-corrected chi connectivity index (χ3v) is 6.64. The molecule has 0 unspecified atom stereocenters. The topological polar surface area (TPSA) is 102 Å².